The first kappa shape index (κ1) is 22.1. The lowest BCUT2D eigenvalue weighted by molar-refractivity contribution is -0.158. The fourth-order valence-electron chi connectivity index (χ4n) is 5.47. The summed E-state index contributed by atoms with van der Waals surface area (Å²) < 4.78 is 18.9. The van der Waals surface area contributed by atoms with E-state index < -0.39 is 0 Å². The molecular weight excluding hydrogens is 392 g/mol. The molecule has 4 rings (SSSR count). The van der Waals surface area contributed by atoms with E-state index in [4.69, 9.17) is 18.9 Å². The highest BCUT2D eigenvalue weighted by Crippen LogP contribution is 2.49. The van der Waals surface area contributed by atoms with Gasteiger partial charge in [-0.05, 0) is 36.5 Å². The van der Waals surface area contributed by atoms with Crippen LogP contribution in [0.1, 0.15) is 12.8 Å². The Morgan fingerprint density at radius 2 is 0.700 bits per heavy atom. The summed E-state index contributed by atoms with van der Waals surface area (Å²) in [5, 5.41) is 0. The average molecular weight is 420 g/mol. The predicted molar refractivity (Wildman–Crippen MR) is 103 cm³/mol. The summed E-state index contributed by atoms with van der Waals surface area (Å²) in [6.45, 7) is 0. The van der Waals surface area contributed by atoms with Crippen LogP contribution in [0.25, 0.3) is 0 Å². The first-order valence-corrected chi connectivity index (χ1v) is 10.1. The van der Waals surface area contributed by atoms with Crippen LogP contribution in [0.3, 0.4) is 0 Å². The maximum absolute atomic E-state index is 11.6. The number of methoxy groups -OCH3 is 4. The number of carbonyl (C=O) groups is 4. The van der Waals surface area contributed by atoms with Crippen LogP contribution in [0, 0.1) is 47.3 Å². The first-order chi connectivity index (χ1) is 14.4. The zero-order valence-electron chi connectivity index (χ0n) is 17.6. The Labute approximate surface area is 175 Å². The van der Waals surface area contributed by atoms with E-state index in [0.717, 1.165) is 12.8 Å². The normalized spacial score (nSPS) is 36.7. The van der Waals surface area contributed by atoms with Crippen LogP contribution < -0.4 is 0 Å². The maximum atomic E-state index is 11.6. The van der Waals surface area contributed by atoms with Crippen molar-refractivity contribution in [2.24, 2.45) is 47.3 Å². The fraction of sp³-hybridized carbons (Fsp3) is 0.636. The molecule has 8 nitrogen and oxygen atoms in total. The lowest BCUT2D eigenvalue weighted by Gasteiger charge is -2.23. The van der Waals surface area contributed by atoms with Crippen LogP contribution in [-0.4, -0.2) is 52.3 Å². The van der Waals surface area contributed by atoms with Crippen LogP contribution >= 0.6 is 0 Å². The Balaban J connectivity index is 0.000000171. The molecule has 8 atom stereocenters. The quantitative estimate of drug-likeness (QED) is 0.383. The predicted octanol–water partition coefficient (Wildman–Crippen LogP) is 1.54. The maximum Gasteiger partial charge on any atom is 0.310 e. The summed E-state index contributed by atoms with van der Waals surface area (Å²) in [6.07, 6.45) is 9.74. The van der Waals surface area contributed by atoms with Gasteiger partial charge in [-0.1, -0.05) is 24.3 Å². The molecule has 0 N–H and O–H groups in total. The summed E-state index contributed by atoms with van der Waals surface area (Å²) >= 11 is 0. The van der Waals surface area contributed by atoms with Gasteiger partial charge in [-0.3, -0.25) is 19.2 Å². The van der Waals surface area contributed by atoms with E-state index in [2.05, 4.69) is 0 Å². The fourth-order valence-corrected chi connectivity index (χ4v) is 5.47. The Kier molecular flexibility index (Phi) is 6.63. The van der Waals surface area contributed by atoms with Crippen molar-refractivity contribution in [3.8, 4) is 0 Å². The molecule has 164 valence electrons. The number of ether oxygens (including phenoxy) is 4. The summed E-state index contributed by atoms with van der Waals surface area (Å²) in [7, 11) is 5.41. The van der Waals surface area contributed by atoms with Gasteiger partial charge in [0.15, 0.2) is 0 Å². The van der Waals surface area contributed by atoms with Gasteiger partial charge in [-0.2, -0.15) is 0 Å². The standard InChI is InChI=1S/2C11H14O4/c2*1-14-10(12)8-6-3-4-7(5-6)9(8)11(13)15-2/h2*3-4,6-9H,5H2,1-2H3. The number of carbonyl (C=O) groups excluding carboxylic acids is 4. The van der Waals surface area contributed by atoms with Crippen LogP contribution in [0.2, 0.25) is 0 Å². The lowest BCUT2D eigenvalue weighted by atomic mass is 9.83. The molecule has 0 amide bonds. The zero-order valence-corrected chi connectivity index (χ0v) is 17.6. The van der Waals surface area contributed by atoms with Crippen molar-refractivity contribution in [3.05, 3.63) is 24.3 Å². The second-order valence-corrected chi connectivity index (χ2v) is 8.09. The summed E-state index contributed by atoms with van der Waals surface area (Å²) in [4.78, 5) is 46.3. The number of allylic oxidation sites excluding steroid dienone is 4. The number of hydrogen-bond donors (Lipinski definition) is 0. The van der Waals surface area contributed by atoms with Crippen molar-refractivity contribution in [1.29, 1.82) is 0 Å². The monoisotopic (exact) mass is 420 g/mol. The minimum absolute atomic E-state index is 0.145. The lowest BCUT2D eigenvalue weighted by Crippen LogP contribution is -2.34. The number of rotatable bonds is 4. The third kappa shape index (κ3) is 3.75. The van der Waals surface area contributed by atoms with E-state index >= 15 is 0 Å². The summed E-state index contributed by atoms with van der Waals surface area (Å²) in [5.74, 6) is -2.03. The Morgan fingerprint density at radius 3 is 0.867 bits per heavy atom. The van der Waals surface area contributed by atoms with Gasteiger partial charge in [0.05, 0.1) is 52.1 Å². The SMILES string of the molecule is COC(=O)C1C2C=CC(C2)C1C(=O)OC.COC(=O)C1C2C=CC(C2)C1C(=O)OC. The zero-order chi connectivity index (χ0) is 22.0. The van der Waals surface area contributed by atoms with E-state index in [1.165, 1.54) is 28.4 Å². The van der Waals surface area contributed by atoms with Gasteiger partial charge in [0.2, 0.25) is 0 Å². The van der Waals surface area contributed by atoms with E-state index in [9.17, 15) is 19.2 Å². The minimum atomic E-state index is -0.350. The molecular formula is C22H28O8. The highest BCUT2D eigenvalue weighted by atomic mass is 16.5. The van der Waals surface area contributed by atoms with E-state index in [0.29, 0.717) is 0 Å². The third-order valence-electron chi connectivity index (χ3n) is 6.81. The third-order valence-corrected chi connectivity index (χ3v) is 6.81. The number of hydrogen-bond acceptors (Lipinski definition) is 8. The molecule has 2 fully saturated rings. The summed E-state index contributed by atoms with van der Waals surface area (Å²) in [6, 6.07) is 0. The van der Waals surface area contributed by atoms with Crippen LogP contribution in [-0.2, 0) is 38.1 Å². The Bertz CT molecular complexity index is 645. The Morgan fingerprint density at radius 1 is 0.500 bits per heavy atom. The number of fused-ring (bicyclic) bond motifs is 4. The van der Waals surface area contributed by atoms with Gasteiger partial charge in [-0.25, -0.2) is 0 Å². The van der Waals surface area contributed by atoms with Gasteiger partial charge in [0.1, 0.15) is 0 Å². The smallest absolute Gasteiger partial charge is 0.310 e. The molecule has 4 aliphatic carbocycles. The van der Waals surface area contributed by atoms with E-state index in [-0.39, 0.29) is 71.2 Å². The van der Waals surface area contributed by atoms with Gasteiger partial charge >= 0.3 is 23.9 Å². The van der Waals surface area contributed by atoms with Gasteiger partial charge < -0.3 is 18.9 Å². The average Bonchev–Trinajstić information content (AvgIpc) is 3.57. The van der Waals surface area contributed by atoms with Crippen LogP contribution in [0.4, 0.5) is 0 Å². The van der Waals surface area contributed by atoms with E-state index in [1.54, 1.807) is 0 Å². The first-order valence-electron chi connectivity index (χ1n) is 10.1. The molecule has 0 saturated heterocycles. The van der Waals surface area contributed by atoms with Crippen molar-refractivity contribution in [3.63, 3.8) is 0 Å². The molecule has 8 unspecified atom stereocenters. The van der Waals surface area contributed by atoms with Crippen LogP contribution in [0.15, 0.2) is 24.3 Å². The molecule has 30 heavy (non-hydrogen) atoms. The molecule has 0 aliphatic heterocycles. The van der Waals surface area contributed by atoms with Gasteiger partial charge in [-0.15, -0.1) is 0 Å². The molecule has 4 aliphatic rings. The van der Waals surface area contributed by atoms with Crippen molar-refractivity contribution < 1.29 is 38.1 Å². The summed E-state index contributed by atoms with van der Waals surface area (Å²) in [5.41, 5.74) is 0. The largest absolute Gasteiger partial charge is 0.469 e. The van der Waals surface area contributed by atoms with Crippen molar-refractivity contribution >= 4 is 23.9 Å². The molecule has 0 spiro atoms. The van der Waals surface area contributed by atoms with Crippen molar-refractivity contribution in [2.75, 3.05) is 28.4 Å². The van der Waals surface area contributed by atoms with Crippen molar-refractivity contribution in [2.45, 2.75) is 12.8 Å². The molecule has 0 heterocycles. The van der Waals surface area contributed by atoms with Gasteiger partial charge in [0, 0.05) is 0 Å². The number of esters is 4. The van der Waals surface area contributed by atoms with E-state index in [1.807, 2.05) is 24.3 Å². The molecule has 0 aromatic heterocycles. The molecule has 2 saturated carbocycles. The molecule has 8 heteroatoms. The molecule has 4 bridgehead atoms. The highest BCUT2D eigenvalue weighted by Gasteiger charge is 2.53. The Hall–Kier alpha value is -2.64. The molecule has 0 radical (unpaired) electrons. The van der Waals surface area contributed by atoms with Crippen molar-refractivity contribution in [1.82, 2.24) is 0 Å². The second-order valence-electron chi connectivity index (χ2n) is 8.09. The van der Waals surface area contributed by atoms with Gasteiger partial charge in [0.25, 0.3) is 0 Å². The topological polar surface area (TPSA) is 105 Å². The second kappa shape index (κ2) is 9.02. The van der Waals surface area contributed by atoms with Crippen LogP contribution in [0.5, 0.6) is 0 Å². The molecule has 0 aromatic carbocycles. The highest BCUT2D eigenvalue weighted by molar-refractivity contribution is 5.85. The minimum Gasteiger partial charge on any atom is -0.469 e. The molecule has 0 aromatic rings.